The molecule has 0 aliphatic carbocycles. The molecule has 200 valence electrons. The average molecular weight is 536 g/mol. The van der Waals surface area contributed by atoms with Crippen LogP contribution in [-0.4, -0.2) is 48.4 Å². The molecule has 2 saturated heterocycles. The van der Waals surface area contributed by atoms with Crippen molar-refractivity contribution in [2.45, 2.75) is 51.4 Å². The second-order valence-electron chi connectivity index (χ2n) is 9.99. The van der Waals surface area contributed by atoms with E-state index < -0.39 is 22.7 Å². The van der Waals surface area contributed by atoms with Crippen LogP contribution in [0.3, 0.4) is 0 Å². The lowest BCUT2D eigenvalue weighted by molar-refractivity contribution is -0.384. The summed E-state index contributed by atoms with van der Waals surface area (Å²) in [5, 5.41) is 17.5. The van der Waals surface area contributed by atoms with Crippen LogP contribution in [-0.2, 0) is 0 Å². The van der Waals surface area contributed by atoms with E-state index in [2.05, 4.69) is 15.6 Å². The van der Waals surface area contributed by atoms with Crippen molar-refractivity contribution in [3.8, 4) is 0 Å². The Labute approximate surface area is 219 Å². The topological polar surface area (TPSA) is 100 Å². The molecule has 0 atom stereocenters. The molecule has 0 spiro atoms. The molecule has 2 N–H and O–H groups in total. The summed E-state index contributed by atoms with van der Waals surface area (Å²) >= 11 is 5.91. The molecule has 0 unspecified atom stereocenters. The Balaban J connectivity index is 1.39. The van der Waals surface area contributed by atoms with Crippen molar-refractivity contribution >= 4 is 34.7 Å². The van der Waals surface area contributed by atoms with Crippen LogP contribution in [0.5, 0.6) is 0 Å². The molecule has 1 amide bonds. The maximum Gasteiger partial charge on any atom is 0.271 e. The zero-order chi connectivity index (χ0) is 26.4. The van der Waals surface area contributed by atoms with Crippen LogP contribution in [0.2, 0.25) is 5.15 Å². The monoisotopic (exact) mass is 535 g/mol. The van der Waals surface area contributed by atoms with E-state index in [1.165, 1.54) is 18.2 Å². The summed E-state index contributed by atoms with van der Waals surface area (Å²) < 4.78 is 27.6. The van der Waals surface area contributed by atoms with Gasteiger partial charge in [-0.05, 0) is 69.3 Å². The minimum atomic E-state index is -2.29. The van der Waals surface area contributed by atoms with Gasteiger partial charge in [0.25, 0.3) is 11.6 Å². The highest BCUT2D eigenvalue weighted by Crippen LogP contribution is 2.41. The van der Waals surface area contributed by atoms with Gasteiger partial charge in [0, 0.05) is 30.6 Å². The third-order valence-electron chi connectivity index (χ3n) is 7.70. The molecule has 0 saturated carbocycles. The number of anilines is 2. The maximum absolute atomic E-state index is 13.8. The smallest absolute Gasteiger partial charge is 0.271 e. The van der Waals surface area contributed by atoms with Gasteiger partial charge in [-0.3, -0.25) is 14.9 Å². The number of nitro benzene ring substituents is 1. The Bertz CT molecular complexity index is 1110. The summed E-state index contributed by atoms with van der Waals surface area (Å²) in [6, 6.07) is 9.09. The van der Waals surface area contributed by atoms with Crippen LogP contribution in [0.15, 0.2) is 36.4 Å². The highest BCUT2D eigenvalue weighted by atomic mass is 35.5. The second-order valence-corrected chi connectivity index (χ2v) is 10.4. The van der Waals surface area contributed by atoms with E-state index in [9.17, 15) is 23.7 Å². The van der Waals surface area contributed by atoms with Crippen LogP contribution in [0, 0.1) is 21.4 Å². The molecule has 2 aromatic rings. The zero-order valence-electron chi connectivity index (χ0n) is 20.6. The van der Waals surface area contributed by atoms with E-state index in [1.54, 1.807) is 18.2 Å². The predicted octanol–water partition coefficient (Wildman–Crippen LogP) is 5.92. The number of hydrogen-bond acceptors (Lipinski definition) is 6. The first-order valence-electron chi connectivity index (χ1n) is 12.7. The fourth-order valence-corrected chi connectivity index (χ4v) is 5.62. The SMILES string of the molecule is O=C(Nc1cccc(Cl)n1)c1ccc([N+](=O)[O-])cc1N1CCC(CCCC2(C(F)F)CCNCC2)CC1. The van der Waals surface area contributed by atoms with Crippen LogP contribution in [0.25, 0.3) is 0 Å². The van der Waals surface area contributed by atoms with Gasteiger partial charge < -0.3 is 15.5 Å². The first-order valence-corrected chi connectivity index (χ1v) is 13.1. The third kappa shape index (κ3) is 6.73. The number of rotatable bonds is 9. The standard InChI is InChI=1S/C26H32ClF2N5O3/c27-22-4-1-5-23(31-22)32-24(35)20-7-6-19(34(36)37)17-21(20)33-15-8-18(9-16-33)3-2-10-26(25(28)29)11-13-30-14-12-26/h1,4-7,17-18,25,30H,2-3,8-16H2,(H,31,32,35). The van der Waals surface area contributed by atoms with Gasteiger partial charge in [-0.1, -0.05) is 30.5 Å². The lowest BCUT2D eigenvalue weighted by Crippen LogP contribution is -2.41. The number of non-ortho nitro benzene ring substituents is 1. The van der Waals surface area contributed by atoms with Gasteiger partial charge in [0.2, 0.25) is 6.43 Å². The molecular formula is C26H32ClF2N5O3. The Morgan fingerprint density at radius 2 is 1.97 bits per heavy atom. The summed E-state index contributed by atoms with van der Waals surface area (Å²) in [5.74, 6) is 0.260. The molecule has 8 nitrogen and oxygen atoms in total. The number of pyridine rings is 1. The summed E-state index contributed by atoms with van der Waals surface area (Å²) in [6.07, 6.45) is 2.61. The van der Waals surface area contributed by atoms with E-state index in [0.717, 1.165) is 25.7 Å². The number of nitro groups is 1. The van der Waals surface area contributed by atoms with E-state index in [4.69, 9.17) is 11.6 Å². The van der Waals surface area contributed by atoms with Gasteiger partial charge in [0.1, 0.15) is 11.0 Å². The molecule has 11 heteroatoms. The van der Waals surface area contributed by atoms with Crippen molar-refractivity contribution in [2.24, 2.45) is 11.3 Å². The Morgan fingerprint density at radius 3 is 2.62 bits per heavy atom. The van der Waals surface area contributed by atoms with E-state index in [1.807, 2.05) is 4.90 Å². The average Bonchev–Trinajstić information content (AvgIpc) is 2.89. The highest BCUT2D eigenvalue weighted by Gasteiger charge is 2.40. The van der Waals surface area contributed by atoms with Crippen molar-refractivity contribution in [3.05, 3.63) is 57.2 Å². The van der Waals surface area contributed by atoms with Gasteiger partial charge in [0.05, 0.1) is 16.2 Å². The molecule has 3 heterocycles. The molecule has 2 aliphatic heterocycles. The van der Waals surface area contributed by atoms with E-state index in [0.29, 0.717) is 62.6 Å². The minimum absolute atomic E-state index is 0.0891. The summed E-state index contributed by atoms with van der Waals surface area (Å²) in [4.78, 5) is 30.1. The normalized spacial score (nSPS) is 18.1. The molecule has 4 rings (SSSR count). The number of alkyl halides is 2. The molecule has 2 aliphatic rings. The zero-order valence-corrected chi connectivity index (χ0v) is 21.4. The van der Waals surface area contributed by atoms with E-state index in [-0.39, 0.29) is 16.7 Å². The number of hydrogen-bond donors (Lipinski definition) is 2. The van der Waals surface area contributed by atoms with Gasteiger partial charge in [-0.15, -0.1) is 0 Å². The number of nitrogens with one attached hydrogen (secondary N) is 2. The molecule has 0 radical (unpaired) electrons. The number of carbonyl (C=O) groups is 1. The fourth-order valence-electron chi connectivity index (χ4n) is 5.46. The number of amides is 1. The molecular weight excluding hydrogens is 504 g/mol. The molecule has 1 aromatic carbocycles. The van der Waals surface area contributed by atoms with Gasteiger partial charge in [-0.25, -0.2) is 13.8 Å². The number of benzene rings is 1. The Kier molecular flexibility index (Phi) is 8.91. The van der Waals surface area contributed by atoms with Crippen molar-refractivity contribution in [1.29, 1.82) is 0 Å². The van der Waals surface area contributed by atoms with Gasteiger partial charge >= 0.3 is 0 Å². The largest absolute Gasteiger partial charge is 0.371 e. The van der Waals surface area contributed by atoms with Crippen molar-refractivity contribution < 1.29 is 18.5 Å². The number of aromatic nitrogens is 1. The molecule has 2 fully saturated rings. The van der Waals surface area contributed by atoms with Crippen LogP contribution >= 0.6 is 11.6 Å². The second kappa shape index (κ2) is 12.1. The Hall–Kier alpha value is -2.85. The number of carbonyl (C=O) groups excluding carboxylic acids is 1. The number of nitrogens with zero attached hydrogens (tertiary/aromatic N) is 3. The number of piperidine rings is 2. The van der Waals surface area contributed by atoms with Crippen LogP contribution in [0.1, 0.15) is 55.3 Å². The predicted molar refractivity (Wildman–Crippen MR) is 140 cm³/mol. The third-order valence-corrected chi connectivity index (χ3v) is 7.91. The molecule has 0 bridgehead atoms. The summed E-state index contributed by atoms with van der Waals surface area (Å²) in [6.45, 7) is 2.56. The highest BCUT2D eigenvalue weighted by molar-refractivity contribution is 6.29. The number of halogens is 3. The van der Waals surface area contributed by atoms with Crippen molar-refractivity contribution in [2.75, 3.05) is 36.4 Å². The molecule has 37 heavy (non-hydrogen) atoms. The first-order chi connectivity index (χ1) is 17.8. The summed E-state index contributed by atoms with van der Waals surface area (Å²) in [7, 11) is 0. The van der Waals surface area contributed by atoms with Gasteiger partial charge in [-0.2, -0.15) is 0 Å². The van der Waals surface area contributed by atoms with Crippen LogP contribution < -0.4 is 15.5 Å². The van der Waals surface area contributed by atoms with E-state index >= 15 is 0 Å². The summed E-state index contributed by atoms with van der Waals surface area (Å²) in [5.41, 5.74) is -0.141. The van der Waals surface area contributed by atoms with Crippen molar-refractivity contribution in [3.63, 3.8) is 0 Å². The van der Waals surface area contributed by atoms with Crippen LogP contribution in [0.4, 0.5) is 26.0 Å². The lowest BCUT2D eigenvalue weighted by atomic mass is 9.74. The maximum atomic E-state index is 13.8. The lowest BCUT2D eigenvalue weighted by Gasteiger charge is -2.38. The quantitative estimate of drug-likeness (QED) is 0.235. The minimum Gasteiger partial charge on any atom is -0.371 e. The van der Waals surface area contributed by atoms with Gasteiger partial charge in [0.15, 0.2) is 0 Å². The van der Waals surface area contributed by atoms with Crippen molar-refractivity contribution in [1.82, 2.24) is 10.3 Å². The molecule has 1 aromatic heterocycles. The first kappa shape index (κ1) is 27.2. The fraction of sp³-hybridized carbons (Fsp3) is 0.538. The Morgan fingerprint density at radius 1 is 1.24 bits per heavy atom.